The lowest BCUT2D eigenvalue weighted by atomic mass is 9.98. The average molecular weight is 406 g/mol. The number of amides is 2. The first-order valence-corrected chi connectivity index (χ1v) is 9.34. The normalized spacial score (nSPS) is 19.2. The third-order valence-corrected chi connectivity index (χ3v) is 5.10. The highest BCUT2D eigenvalue weighted by molar-refractivity contribution is 6.34. The molecule has 0 bridgehead atoms. The standard InChI is InChI=1S/C20H21ClFN3O3/c1-12-9-16(7-8-25(12)20(27)28)23-14-3-2-4-15(11-14)24-19(26)17-6-5-13(22)10-18(17)21/h2-6,10-12,16,23H,7-9H2,1H3,(H,24,26)(H,27,28)/t12-,16-/m1/s1. The van der Waals surface area contributed by atoms with Crippen molar-refractivity contribution >= 4 is 35.0 Å². The minimum Gasteiger partial charge on any atom is -0.465 e. The Morgan fingerprint density at radius 1 is 1.21 bits per heavy atom. The summed E-state index contributed by atoms with van der Waals surface area (Å²) >= 11 is 5.94. The highest BCUT2D eigenvalue weighted by atomic mass is 35.5. The van der Waals surface area contributed by atoms with E-state index in [-0.39, 0.29) is 22.7 Å². The van der Waals surface area contributed by atoms with Crippen molar-refractivity contribution in [3.8, 4) is 0 Å². The van der Waals surface area contributed by atoms with Crippen LogP contribution in [-0.4, -0.2) is 40.6 Å². The minimum atomic E-state index is -0.893. The van der Waals surface area contributed by atoms with E-state index in [2.05, 4.69) is 10.6 Å². The molecular formula is C20H21ClFN3O3. The maximum atomic E-state index is 13.1. The predicted octanol–water partition coefficient (Wildman–Crippen LogP) is 4.67. The molecule has 1 fully saturated rings. The molecule has 2 aromatic rings. The lowest BCUT2D eigenvalue weighted by Gasteiger charge is -2.36. The SMILES string of the molecule is C[C@@H]1C[C@H](Nc2cccc(NC(=O)c3ccc(F)cc3Cl)c2)CCN1C(=O)O. The summed E-state index contributed by atoms with van der Waals surface area (Å²) in [5, 5.41) is 15.4. The van der Waals surface area contributed by atoms with Crippen LogP contribution in [0.3, 0.4) is 0 Å². The van der Waals surface area contributed by atoms with Crippen LogP contribution in [-0.2, 0) is 0 Å². The predicted molar refractivity (Wildman–Crippen MR) is 107 cm³/mol. The molecule has 0 saturated carbocycles. The third-order valence-electron chi connectivity index (χ3n) is 4.79. The summed E-state index contributed by atoms with van der Waals surface area (Å²) in [5.74, 6) is -0.929. The van der Waals surface area contributed by atoms with E-state index in [0.717, 1.165) is 11.8 Å². The molecule has 1 aliphatic rings. The Morgan fingerprint density at radius 2 is 1.96 bits per heavy atom. The lowest BCUT2D eigenvalue weighted by molar-refractivity contribution is 0.102. The monoisotopic (exact) mass is 405 g/mol. The molecule has 1 aliphatic heterocycles. The number of carboxylic acid groups (broad SMARTS) is 1. The van der Waals surface area contributed by atoms with Crippen molar-refractivity contribution < 1.29 is 19.1 Å². The minimum absolute atomic E-state index is 0.0472. The fraction of sp³-hybridized carbons (Fsp3) is 0.300. The molecule has 0 aromatic heterocycles. The molecule has 148 valence electrons. The van der Waals surface area contributed by atoms with Gasteiger partial charge in [0.2, 0.25) is 0 Å². The van der Waals surface area contributed by atoms with Crippen LogP contribution in [0.15, 0.2) is 42.5 Å². The Morgan fingerprint density at radius 3 is 2.64 bits per heavy atom. The summed E-state index contributed by atoms with van der Waals surface area (Å²) in [6.45, 7) is 2.37. The molecule has 2 amide bonds. The molecular weight excluding hydrogens is 385 g/mol. The summed E-state index contributed by atoms with van der Waals surface area (Å²) in [4.78, 5) is 25.0. The molecule has 0 spiro atoms. The average Bonchev–Trinajstić information content (AvgIpc) is 2.61. The molecule has 1 saturated heterocycles. The van der Waals surface area contributed by atoms with Gasteiger partial charge in [-0.15, -0.1) is 0 Å². The topological polar surface area (TPSA) is 81.7 Å². The van der Waals surface area contributed by atoms with E-state index in [1.807, 2.05) is 13.0 Å². The third kappa shape index (κ3) is 4.72. The van der Waals surface area contributed by atoms with E-state index < -0.39 is 17.8 Å². The number of carbonyl (C=O) groups excluding carboxylic acids is 1. The highest BCUT2D eigenvalue weighted by Gasteiger charge is 2.28. The van der Waals surface area contributed by atoms with Gasteiger partial charge in [-0.05, 0) is 56.2 Å². The quantitative estimate of drug-likeness (QED) is 0.690. The number of nitrogens with one attached hydrogen (secondary N) is 2. The van der Waals surface area contributed by atoms with Crippen LogP contribution in [0.25, 0.3) is 0 Å². The van der Waals surface area contributed by atoms with Gasteiger partial charge in [-0.1, -0.05) is 17.7 Å². The number of likely N-dealkylation sites (tertiary alicyclic amines) is 1. The van der Waals surface area contributed by atoms with Crippen molar-refractivity contribution in [2.45, 2.75) is 31.8 Å². The molecule has 2 aromatic carbocycles. The van der Waals surface area contributed by atoms with Gasteiger partial charge in [0.1, 0.15) is 5.82 Å². The zero-order valence-corrected chi connectivity index (χ0v) is 16.0. The zero-order valence-electron chi connectivity index (χ0n) is 15.3. The van der Waals surface area contributed by atoms with Gasteiger partial charge >= 0.3 is 6.09 Å². The molecule has 0 unspecified atom stereocenters. The van der Waals surface area contributed by atoms with Crippen LogP contribution in [0.2, 0.25) is 5.02 Å². The van der Waals surface area contributed by atoms with Gasteiger partial charge in [-0.25, -0.2) is 9.18 Å². The van der Waals surface area contributed by atoms with Crippen molar-refractivity contribution in [1.82, 2.24) is 4.90 Å². The van der Waals surface area contributed by atoms with Crippen LogP contribution < -0.4 is 10.6 Å². The maximum absolute atomic E-state index is 13.1. The van der Waals surface area contributed by atoms with Crippen molar-refractivity contribution in [1.29, 1.82) is 0 Å². The number of benzene rings is 2. The summed E-state index contributed by atoms with van der Waals surface area (Å²) < 4.78 is 13.1. The van der Waals surface area contributed by atoms with E-state index in [1.54, 1.807) is 18.2 Å². The Kier molecular flexibility index (Phi) is 6.04. The zero-order chi connectivity index (χ0) is 20.3. The van der Waals surface area contributed by atoms with Crippen LogP contribution in [0, 0.1) is 5.82 Å². The first-order valence-electron chi connectivity index (χ1n) is 8.96. The van der Waals surface area contributed by atoms with Crippen LogP contribution in [0.5, 0.6) is 0 Å². The Balaban J connectivity index is 1.64. The first-order chi connectivity index (χ1) is 13.3. The van der Waals surface area contributed by atoms with Crippen molar-refractivity contribution in [2.24, 2.45) is 0 Å². The number of rotatable bonds is 4. The molecule has 0 radical (unpaired) electrons. The van der Waals surface area contributed by atoms with Gasteiger partial charge in [0.05, 0.1) is 10.6 Å². The van der Waals surface area contributed by atoms with Gasteiger partial charge in [0.25, 0.3) is 5.91 Å². The second kappa shape index (κ2) is 8.48. The van der Waals surface area contributed by atoms with E-state index in [0.29, 0.717) is 25.1 Å². The van der Waals surface area contributed by atoms with Gasteiger partial charge < -0.3 is 20.6 Å². The van der Waals surface area contributed by atoms with Crippen molar-refractivity contribution in [3.63, 3.8) is 0 Å². The van der Waals surface area contributed by atoms with Crippen LogP contribution in [0.1, 0.15) is 30.1 Å². The van der Waals surface area contributed by atoms with E-state index in [4.69, 9.17) is 16.7 Å². The molecule has 3 N–H and O–H groups in total. The van der Waals surface area contributed by atoms with E-state index >= 15 is 0 Å². The van der Waals surface area contributed by atoms with Gasteiger partial charge in [-0.3, -0.25) is 4.79 Å². The van der Waals surface area contributed by atoms with Gasteiger partial charge in [0.15, 0.2) is 0 Å². The summed E-state index contributed by atoms with van der Waals surface area (Å²) in [6, 6.07) is 10.9. The lowest BCUT2D eigenvalue weighted by Crippen LogP contribution is -2.47. The van der Waals surface area contributed by atoms with E-state index in [1.165, 1.54) is 17.0 Å². The number of hydrogen-bond donors (Lipinski definition) is 3. The molecule has 3 rings (SSSR count). The number of piperidine rings is 1. The second-order valence-electron chi connectivity index (χ2n) is 6.85. The van der Waals surface area contributed by atoms with E-state index in [9.17, 15) is 14.0 Å². The number of hydrogen-bond acceptors (Lipinski definition) is 3. The fourth-order valence-electron chi connectivity index (χ4n) is 3.38. The number of anilines is 2. The van der Waals surface area contributed by atoms with Crippen LogP contribution >= 0.6 is 11.6 Å². The molecule has 2 atom stereocenters. The molecule has 1 heterocycles. The van der Waals surface area contributed by atoms with Crippen molar-refractivity contribution in [2.75, 3.05) is 17.2 Å². The first kappa shape index (κ1) is 19.9. The maximum Gasteiger partial charge on any atom is 0.407 e. The molecule has 8 heteroatoms. The Labute approximate surface area is 167 Å². The number of carbonyl (C=O) groups is 2. The number of halogens is 2. The summed E-state index contributed by atoms with van der Waals surface area (Å²) in [7, 11) is 0. The Bertz CT molecular complexity index is 893. The Hall–Kier alpha value is -2.80. The largest absolute Gasteiger partial charge is 0.465 e. The van der Waals surface area contributed by atoms with Crippen LogP contribution in [0.4, 0.5) is 20.6 Å². The van der Waals surface area contributed by atoms with Gasteiger partial charge in [-0.2, -0.15) is 0 Å². The van der Waals surface area contributed by atoms with Gasteiger partial charge in [0, 0.05) is 30.0 Å². The molecule has 0 aliphatic carbocycles. The highest BCUT2D eigenvalue weighted by Crippen LogP contribution is 2.24. The second-order valence-corrected chi connectivity index (χ2v) is 7.26. The number of nitrogens with zero attached hydrogens (tertiary/aromatic N) is 1. The fourth-order valence-corrected chi connectivity index (χ4v) is 3.63. The van der Waals surface area contributed by atoms with Crippen molar-refractivity contribution in [3.05, 3.63) is 58.9 Å². The summed E-state index contributed by atoms with van der Waals surface area (Å²) in [6.07, 6.45) is 0.516. The molecule has 6 nitrogen and oxygen atoms in total. The summed E-state index contributed by atoms with van der Waals surface area (Å²) in [5.41, 5.74) is 1.59. The smallest absolute Gasteiger partial charge is 0.407 e. The molecule has 28 heavy (non-hydrogen) atoms.